The molecule has 0 aliphatic rings. The molecular weight excluding hydrogens is 272 g/mol. The molecule has 0 fully saturated rings. The average molecular weight is 298 g/mol. The first-order chi connectivity index (χ1) is 9.76. The van der Waals surface area contributed by atoms with E-state index in [0.29, 0.717) is 0 Å². The Morgan fingerprint density at radius 2 is 2.15 bits per heavy atom. The fraction of sp³-hybridized carbons (Fsp3) is 0.714. The molecule has 0 bridgehead atoms. The molecule has 0 saturated heterocycles. The van der Waals surface area contributed by atoms with Crippen molar-refractivity contribution in [3.8, 4) is 0 Å². The van der Waals surface area contributed by atoms with Gasteiger partial charge in [0.2, 0.25) is 0 Å². The highest BCUT2D eigenvalue weighted by Crippen LogP contribution is 2.10. The number of ether oxygens (including phenoxy) is 1. The first-order valence-electron chi connectivity index (χ1n) is 7.19. The largest absolute Gasteiger partial charge is 0.382 e. The lowest BCUT2D eigenvalue weighted by atomic mass is 10.3. The lowest BCUT2D eigenvalue weighted by Crippen LogP contribution is -2.38. The van der Waals surface area contributed by atoms with Crippen LogP contribution in [0.25, 0.3) is 0 Å². The molecule has 0 radical (unpaired) electrons. The highest BCUT2D eigenvalue weighted by atomic mass is 32.1. The Kier molecular flexibility index (Phi) is 8.98. The van der Waals surface area contributed by atoms with Crippen LogP contribution >= 0.6 is 11.3 Å². The summed E-state index contributed by atoms with van der Waals surface area (Å²) in [5.74, 6) is 0.856. The zero-order valence-electron chi connectivity index (χ0n) is 12.7. The van der Waals surface area contributed by atoms with Gasteiger partial charge in [-0.25, -0.2) is 4.98 Å². The van der Waals surface area contributed by atoms with Crippen LogP contribution in [0, 0.1) is 6.92 Å². The molecule has 20 heavy (non-hydrogen) atoms. The monoisotopic (exact) mass is 298 g/mol. The number of nitrogens with one attached hydrogen (secondary N) is 2. The molecule has 0 aliphatic carbocycles. The van der Waals surface area contributed by atoms with Crippen LogP contribution in [-0.2, 0) is 11.2 Å². The first-order valence-corrected chi connectivity index (χ1v) is 8.01. The fourth-order valence-electron chi connectivity index (χ4n) is 1.71. The van der Waals surface area contributed by atoms with Crippen LogP contribution in [0.3, 0.4) is 0 Å². The Morgan fingerprint density at radius 3 is 2.80 bits per heavy atom. The molecule has 1 aromatic heterocycles. The van der Waals surface area contributed by atoms with E-state index in [9.17, 15) is 0 Å². The van der Waals surface area contributed by atoms with Gasteiger partial charge in [0.25, 0.3) is 0 Å². The Balaban J connectivity index is 2.07. The van der Waals surface area contributed by atoms with Gasteiger partial charge in [0.15, 0.2) is 5.96 Å². The fourth-order valence-corrected chi connectivity index (χ4v) is 2.49. The number of guanidine groups is 1. The number of rotatable bonds is 9. The van der Waals surface area contributed by atoms with E-state index in [-0.39, 0.29) is 0 Å². The maximum Gasteiger partial charge on any atom is 0.190 e. The van der Waals surface area contributed by atoms with Crippen LogP contribution in [0.5, 0.6) is 0 Å². The average Bonchev–Trinajstić information content (AvgIpc) is 2.86. The van der Waals surface area contributed by atoms with Gasteiger partial charge in [0, 0.05) is 50.8 Å². The van der Waals surface area contributed by atoms with Crippen molar-refractivity contribution in [1.29, 1.82) is 0 Å². The predicted molar refractivity (Wildman–Crippen MR) is 85.6 cm³/mol. The molecule has 0 atom stereocenters. The first kappa shape index (κ1) is 16.9. The van der Waals surface area contributed by atoms with Crippen LogP contribution in [0.15, 0.2) is 11.2 Å². The van der Waals surface area contributed by atoms with Gasteiger partial charge in [-0.2, -0.15) is 0 Å². The van der Waals surface area contributed by atoms with E-state index in [1.165, 1.54) is 9.88 Å². The molecule has 0 aliphatic heterocycles. The van der Waals surface area contributed by atoms with Gasteiger partial charge in [-0.05, 0) is 26.7 Å². The molecule has 5 nitrogen and oxygen atoms in total. The summed E-state index contributed by atoms with van der Waals surface area (Å²) in [7, 11) is 1.79. The van der Waals surface area contributed by atoms with Crippen LogP contribution in [-0.4, -0.2) is 44.3 Å². The highest BCUT2D eigenvalue weighted by Gasteiger charge is 2.00. The third kappa shape index (κ3) is 7.45. The van der Waals surface area contributed by atoms with Crippen molar-refractivity contribution < 1.29 is 4.74 Å². The van der Waals surface area contributed by atoms with Gasteiger partial charge < -0.3 is 15.4 Å². The summed E-state index contributed by atoms with van der Waals surface area (Å²) in [6.45, 7) is 7.51. The van der Waals surface area contributed by atoms with Gasteiger partial charge in [0.05, 0.1) is 5.01 Å². The summed E-state index contributed by atoms with van der Waals surface area (Å²) < 4.78 is 5.30. The van der Waals surface area contributed by atoms with Crippen molar-refractivity contribution in [3.05, 3.63) is 16.1 Å². The van der Waals surface area contributed by atoms with E-state index in [1.807, 2.05) is 13.1 Å². The minimum absolute atomic E-state index is 0.798. The van der Waals surface area contributed by atoms with Gasteiger partial charge >= 0.3 is 0 Å². The molecule has 0 unspecified atom stereocenters. The Hall–Kier alpha value is -1.14. The summed E-state index contributed by atoms with van der Waals surface area (Å²) in [6.07, 6.45) is 5.03. The maximum atomic E-state index is 5.30. The van der Waals surface area contributed by atoms with E-state index in [4.69, 9.17) is 4.74 Å². The second-order valence-corrected chi connectivity index (χ2v) is 5.76. The molecule has 0 spiro atoms. The lowest BCUT2D eigenvalue weighted by Gasteiger charge is -2.11. The van der Waals surface area contributed by atoms with E-state index >= 15 is 0 Å². The van der Waals surface area contributed by atoms with Crippen molar-refractivity contribution in [2.24, 2.45) is 4.99 Å². The SMILES string of the molecule is CCOCCCCNC(=NC)NCCc1ncc(C)s1. The Labute approximate surface area is 125 Å². The predicted octanol–water partition coefficient (Wildman–Crippen LogP) is 1.98. The number of thiazole rings is 1. The van der Waals surface area contributed by atoms with Crippen LogP contribution in [0.4, 0.5) is 0 Å². The standard InChI is InChI=1S/C14H26N4OS/c1-4-19-10-6-5-8-16-14(15-3)17-9-7-13-18-11-12(2)20-13/h11H,4-10H2,1-3H3,(H2,15,16,17). The lowest BCUT2D eigenvalue weighted by molar-refractivity contribution is 0.143. The van der Waals surface area contributed by atoms with Gasteiger partial charge in [0.1, 0.15) is 0 Å². The molecule has 1 rings (SSSR count). The summed E-state index contributed by atoms with van der Waals surface area (Å²) in [4.78, 5) is 9.81. The second kappa shape index (κ2) is 10.6. The minimum Gasteiger partial charge on any atom is -0.382 e. The van der Waals surface area contributed by atoms with Crippen molar-refractivity contribution in [2.75, 3.05) is 33.4 Å². The smallest absolute Gasteiger partial charge is 0.190 e. The van der Waals surface area contributed by atoms with Crippen molar-refractivity contribution in [2.45, 2.75) is 33.1 Å². The van der Waals surface area contributed by atoms with Crippen molar-refractivity contribution >= 4 is 17.3 Å². The molecule has 0 saturated carbocycles. The summed E-state index contributed by atoms with van der Waals surface area (Å²) >= 11 is 1.75. The zero-order valence-corrected chi connectivity index (χ0v) is 13.6. The molecule has 2 N–H and O–H groups in total. The maximum absolute atomic E-state index is 5.30. The number of aliphatic imine (C=N–C) groups is 1. The number of unbranched alkanes of at least 4 members (excludes halogenated alkanes) is 1. The summed E-state index contributed by atoms with van der Waals surface area (Å²) in [5, 5.41) is 7.78. The van der Waals surface area contributed by atoms with Gasteiger partial charge in [-0.3, -0.25) is 4.99 Å². The molecule has 1 aromatic rings. The third-order valence-electron chi connectivity index (χ3n) is 2.74. The van der Waals surface area contributed by atoms with E-state index in [0.717, 1.165) is 51.5 Å². The molecule has 6 heteroatoms. The number of nitrogens with zero attached hydrogens (tertiary/aromatic N) is 2. The van der Waals surface area contributed by atoms with Crippen molar-refractivity contribution in [1.82, 2.24) is 15.6 Å². The molecule has 0 amide bonds. The van der Waals surface area contributed by atoms with Crippen molar-refractivity contribution in [3.63, 3.8) is 0 Å². The molecule has 0 aromatic carbocycles. The van der Waals surface area contributed by atoms with Gasteiger partial charge in [-0.1, -0.05) is 0 Å². The zero-order chi connectivity index (χ0) is 14.6. The van der Waals surface area contributed by atoms with E-state index < -0.39 is 0 Å². The summed E-state index contributed by atoms with van der Waals surface area (Å²) in [5.41, 5.74) is 0. The topological polar surface area (TPSA) is 58.5 Å². The summed E-state index contributed by atoms with van der Waals surface area (Å²) in [6, 6.07) is 0. The highest BCUT2D eigenvalue weighted by molar-refractivity contribution is 7.11. The normalized spacial score (nSPS) is 11.7. The Morgan fingerprint density at radius 1 is 1.35 bits per heavy atom. The van der Waals surface area contributed by atoms with Crippen LogP contribution < -0.4 is 10.6 Å². The van der Waals surface area contributed by atoms with E-state index in [2.05, 4.69) is 27.5 Å². The quantitative estimate of drug-likeness (QED) is 0.416. The number of hydrogen-bond donors (Lipinski definition) is 2. The van der Waals surface area contributed by atoms with Gasteiger partial charge in [-0.15, -0.1) is 11.3 Å². The molecule has 1 heterocycles. The number of hydrogen-bond acceptors (Lipinski definition) is 4. The molecular formula is C14H26N4OS. The van der Waals surface area contributed by atoms with Crippen LogP contribution in [0.2, 0.25) is 0 Å². The molecule has 114 valence electrons. The Bertz CT molecular complexity index is 392. The van der Waals surface area contributed by atoms with E-state index in [1.54, 1.807) is 18.4 Å². The number of aryl methyl sites for hydroxylation is 1. The number of aromatic nitrogens is 1. The van der Waals surface area contributed by atoms with Crippen LogP contribution in [0.1, 0.15) is 29.7 Å². The minimum atomic E-state index is 0.798. The third-order valence-corrected chi connectivity index (χ3v) is 3.71. The second-order valence-electron chi connectivity index (χ2n) is 4.44.